The van der Waals surface area contributed by atoms with Crippen LogP contribution in [0.2, 0.25) is 0 Å². The Labute approximate surface area is 116 Å². The Morgan fingerprint density at radius 1 is 1.42 bits per heavy atom. The molecule has 1 heterocycles. The number of hydrogen-bond donors (Lipinski definition) is 2. The van der Waals surface area contributed by atoms with E-state index in [0.29, 0.717) is 30.1 Å². The molecule has 0 aromatic heterocycles. The van der Waals surface area contributed by atoms with Crippen LogP contribution in [0, 0.1) is 0 Å². The van der Waals surface area contributed by atoms with Gasteiger partial charge >= 0.3 is 6.09 Å². The summed E-state index contributed by atoms with van der Waals surface area (Å²) in [6.45, 7) is 0.980. The topological polar surface area (TPSA) is 90.8 Å². The van der Waals surface area contributed by atoms with Crippen molar-refractivity contribution in [3.05, 3.63) is 23.8 Å². The van der Waals surface area contributed by atoms with E-state index in [0.717, 1.165) is 0 Å². The predicted molar refractivity (Wildman–Crippen MR) is 75.1 cm³/mol. The third-order valence-corrected chi connectivity index (χ3v) is 3.03. The van der Waals surface area contributed by atoms with Crippen LogP contribution in [0.25, 0.3) is 0 Å². The summed E-state index contributed by atoms with van der Waals surface area (Å²) in [5.41, 5.74) is 12.5. The van der Waals surface area contributed by atoms with E-state index in [9.17, 15) is 4.79 Å². The monoisotopic (exact) mass is 281 g/mol. The average molecular weight is 281 g/mol. The smallest absolute Gasteiger partial charge is 0.409 e. The van der Waals surface area contributed by atoms with Gasteiger partial charge in [-0.25, -0.2) is 4.79 Å². The highest BCUT2D eigenvalue weighted by Gasteiger charge is 2.33. The molecule has 4 N–H and O–H groups in total. The van der Waals surface area contributed by atoms with E-state index in [4.69, 9.17) is 28.4 Å². The molecule has 1 amide bonds. The summed E-state index contributed by atoms with van der Waals surface area (Å²) < 4.78 is 10.3. The summed E-state index contributed by atoms with van der Waals surface area (Å²) >= 11 is 4.90. The molecule has 1 aromatic carbocycles. The van der Waals surface area contributed by atoms with Crippen LogP contribution < -0.4 is 16.2 Å². The molecule has 1 aromatic rings. The van der Waals surface area contributed by atoms with E-state index >= 15 is 0 Å². The second kappa shape index (κ2) is 5.31. The molecule has 1 saturated heterocycles. The first kappa shape index (κ1) is 13.4. The molecular formula is C12H15N3O3S. The number of rotatable bonds is 3. The molecule has 0 unspecified atom stereocenters. The lowest BCUT2D eigenvalue weighted by Crippen LogP contribution is -2.56. The quantitative estimate of drug-likeness (QED) is 0.627. The van der Waals surface area contributed by atoms with Crippen LogP contribution in [0.1, 0.15) is 5.56 Å². The van der Waals surface area contributed by atoms with E-state index < -0.39 is 0 Å². The minimum atomic E-state index is -0.351. The number of hydrogen-bond acceptors (Lipinski definition) is 5. The lowest BCUT2D eigenvalue weighted by Gasteiger charge is -2.37. The number of benzene rings is 1. The summed E-state index contributed by atoms with van der Waals surface area (Å²) in [5, 5.41) is 0. The van der Waals surface area contributed by atoms with Crippen LogP contribution in [0.5, 0.6) is 5.75 Å². The number of likely N-dealkylation sites (tertiary alicyclic amines) is 1. The van der Waals surface area contributed by atoms with Crippen molar-refractivity contribution >= 4 is 29.0 Å². The summed E-state index contributed by atoms with van der Waals surface area (Å²) in [5.74, 6) is 0.595. The van der Waals surface area contributed by atoms with Gasteiger partial charge in [-0.2, -0.15) is 0 Å². The fraction of sp³-hybridized carbons (Fsp3) is 0.333. The highest BCUT2D eigenvalue weighted by atomic mass is 32.1. The maximum absolute atomic E-state index is 11.2. The van der Waals surface area contributed by atoms with Crippen molar-refractivity contribution in [2.45, 2.75) is 6.10 Å². The lowest BCUT2D eigenvalue weighted by molar-refractivity contribution is 0.0183. The number of nitrogen functional groups attached to an aromatic ring is 1. The summed E-state index contributed by atoms with van der Waals surface area (Å²) in [6.07, 6.45) is -0.420. The molecule has 1 fully saturated rings. The van der Waals surface area contributed by atoms with Crippen LogP contribution in [0.15, 0.2) is 18.2 Å². The van der Waals surface area contributed by atoms with Gasteiger partial charge in [-0.1, -0.05) is 12.2 Å². The molecule has 0 saturated carbocycles. The van der Waals surface area contributed by atoms with E-state index in [1.807, 2.05) is 0 Å². The number of methoxy groups -OCH3 is 1. The SMILES string of the molecule is COC(=O)N1CC(Oc2cc(N)cc(C(N)=S)c2)C1. The van der Waals surface area contributed by atoms with Crippen molar-refractivity contribution in [1.29, 1.82) is 0 Å². The van der Waals surface area contributed by atoms with Gasteiger partial charge in [0.05, 0.1) is 20.2 Å². The Bertz CT molecular complexity index is 515. The van der Waals surface area contributed by atoms with Crippen molar-refractivity contribution in [3.63, 3.8) is 0 Å². The van der Waals surface area contributed by atoms with E-state index in [1.54, 1.807) is 23.1 Å². The highest BCUT2D eigenvalue weighted by molar-refractivity contribution is 7.80. The molecule has 2 rings (SSSR count). The van der Waals surface area contributed by atoms with Crippen molar-refractivity contribution in [2.24, 2.45) is 5.73 Å². The number of nitrogens with zero attached hydrogens (tertiary/aromatic N) is 1. The molecule has 1 aliphatic heterocycles. The second-order valence-corrected chi connectivity index (χ2v) is 4.71. The zero-order chi connectivity index (χ0) is 14.0. The largest absolute Gasteiger partial charge is 0.487 e. The van der Waals surface area contributed by atoms with Crippen LogP contribution in [0.3, 0.4) is 0 Å². The van der Waals surface area contributed by atoms with Gasteiger partial charge in [-0.05, 0) is 12.1 Å². The maximum Gasteiger partial charge on any atom is 0.409 e. The Balaban J connectivity index is 1.98. The van der Waals surface area contributed by atoms with E-state index in [1.165, 1.54) is 7.11 Å². The Kier molecular flexibility index (Phi) is 3.75. The van der Waals surface area contributed by atoms with Crippen LogP contribution in [-0.2, 0) is 4.74 Å². The van der Waals surface area contributed by atoms with Gasteiger partial charge < -0.3 is 25.8 Å². The van der Waals surface area contributed by atoms with Crippen LogP contribution in [-0.4, -0.2) is 42.3 Å². The Morgan fingerprint density at radius 3 is 2.68 bits per heavy atom. The molecule has 0 spiro atoms. The molecule has 1 aliphatic rings. The van der Waals surface area contributed by atoms with Crippen molar-refractivity contribution in [3.8, 4) is 5.75 Å². The average Bonchev–Trinajstić information content (AvgIpc) is 2.31. The molecule has 19 heavy (non-hydrogen) atoms. The van der Waals surface area contributed by atoms with Gasteiger partial charge in [-0.3, -0.25) is 0 Å². The normalized spacial score (nSPS) is 14.7. The number of amides is 1. The third-order valence-electron chi connectivity index (χ3n) is 2.80. The maximum atomic E-state index is 11.2. The first-order chi connectivity index (χ1) is 8.99. The highest BCUT2D eigenvalue weighted by Crippen LogP contribution is 2.23. The van der Waals surface area contributed by atoms with E-state index in [-0.39, 0.29) is 17.2 Å². The molecule has 102 valence electrons. The van der Waals surface area contributed by atoms with Gasteiger partial charge in [-0.15, -0.1) is 0 Å². The summed E-state index contributed by atoms with van der Waals surface area (Å²) in [7, 11) is 1.35. The first-order valence-electron chi connectivity index (χ1n) is 5.69. The summed E-state index contributed by atoms with van der Waals surface area (Å²) in [6, 6.07) is 5.12. The molecular weight excluding hydrogens is 266 g/mol. The van der Waals surface area contributed by atoms with Crippen LogP contribution >= 0.6 is 12.2 Å². The minimum absolute atomic E-state index is 0.0694. The molecule has 0 aliphatic carbocycles. The van der Waals surface area contributed by atoms with E-state index in [2.05, 4.69) is 4.74 Å². The fourth-order valence-corrected chi connectivity index (χ4v) is 1.93. The second-order valence-electron chi connectivity index (χ2n) is 4.27. The number of anilines is 1. The number of carbonyl (C=O) groups excluding carboxylic acids is 1. The molecule has 0 bridgehead atoms. The Morgan fingerprint density at radius 2 is 2.11 bits per heavy atom. The number of carbonyl (C=O) groups is 1. The fourth-order valence-electron chi connectivity index (χ4n) is 1.82. The number of nitrogens with two attached hydrogens (primary N) is 2. The zero-order valence-electron chi connectivity index (χ0n) is 10.5. The van der Waals surface area contributed by atoms with Gasteiger partial charge in [0.2, 0.25) is 0 Å². The molecule has 7 heteroatoms. The minimum Gasteiger partial charge on any atom is -0.487 e. The standard InChI is InChI=1S/C12H15N3O3S/c1-17-12(16)15-5-10(6-15)18-9-3-7(11(14)19)2-8(13)4-9/h2-4,10H,5-6,13H2,1H3,(H2,14,19). The number of thiocarbonyl (C=S) groups is 1. The molecule has 0 radical (unpaired) electrons. The number of ether oxygens (including phenoxy) is 2. The zero-order valence-corrected chi connectivity index (χ0v) is 11.3. The molecule has 0 atom stereocenters. The lowest BCUT2D eigenvalue weighted by atomic mass is 10.1. The Hall–Kier alpha value is -2.02. The third kappa shape index (κ3) is 3.05. The van der Waals surface area contributed by atoms with Crippen molar-refractivity contribution < 1.29 is 14.3 Å². The van der Waals surface area contributed by atoms with Gasteiger partial charge in [0.15, 0.2) is 0 Å². The van der Waals surface area contributed by atoms with Gasteiger partial charge in [0.25, 0.3) is 0 Å². The van der Waals surface area contributed by atoms with Crippen LogP contribution in [0.4, 0.5) is 10.5 Å². The van der Waals surface area contributed by atoms with Gasteiger partial charge in [0.1, 0.15) is 16.8 Å². The first-order valence-corrected chi connectivity index (χ1v) is 6.10. The predicted octanol–water partition coefficient (Wildman–Crippen LogP) is 0.732. The van der Waals surface area contributed by atoms with Crippen molar-refractivity contribution in [2.75, 3.05) is 25.9 Å². The summed E-state index contributed by atoms with van der Waals surface area (Å²) in [4.78, 5) is 13.0. The van der Waals surface area contributed by atoms with Gasteiger partial charge in [0, 0.05) is 17.3 Å². The molecule has 6 nitrogen and oxygen atoms in total. The van der Waals surface area contributed by atoms with Crippen molar-refractivity contribution in [1.82, 2.24) is 4.90 Å².